The van der Waals surface area contributed by atoms with E-state index in [0.29, 0.717) is 5.92 Å². The van der Waals surface area contributed by atoms with Gasteiger partial charge in [0, 0.05) is 9.80 Å². The van der Waals surface area contributed by atoms with Gasteiger partial charge in [-0.05, 0) is 42.4 Å². The van der Waals surface area contributed by atoms with E-state index >= 15 is 0 Å². The van der Waals surface area contributed by atoms with Crippen LogP contribution in [-0.2, 0) is 0 Å². The lowest BCUT2D eigenvalue weighted by Gasteiger charge is -2.23. The number of alkyl halides is 1. The van der Waals surface area contributed by atoms with E-state index in [1.807, 2.05) is 0 Å². The van der Waals surface area contributed by atoms with Crippen LogP contribution in [0.15, 0.2) is 28.7 Å². The fraction of sp³-hybridized carbons (Fsp3) is 0.625. The maximum absolute atomic E-state index is 3.69. The van der Waals surface area contributed by atoms with E-state index < -0.39 is 0 Å². The highest BCUT2D eigenvalue weighted by Crippen LogP contribution is 2.32. The van der Waals surface area contributed by atoms with Crippen LogP contribution in [-0.4, -0.2) is 5.33 Å². The average Bonchev–Trinajstić information content (AvgIpc) is 2.41. The molecule has 0 bridgehead atoms. The van der Waals surface area contributed by atoms with Gasteiger partial charge in [-0.1, -0.05) is 76.1 Å². The Balaban J connectivity index is 1.88. The second-order valence-corrected chi connectivity index (χ2v) is 7.05. The van der Waals surface area contributed by atoms with E-state index in [0.717, 1.165) is 11.2 Å². The third kappa shape index (κ3) is 4.38. The van der Waals surface area contributed by atoms with E-state index in [4.69, 9.17) is 0 Å². The lowest BCUT2D eigenvalue weighted by Crippen LogP contribution is -2.09. The maximum Gasteiger partial charge on any atom is 0.0178 e. The quantitative estimate of drug-likeness (QED) is 0.532. The van der Waals surface area contributed by atoms with Crippen molar-refractivity contribution in [3.63, 3.8) is 0 Å². The Morgan fingerprint density at radius 1 is 1.17 bits per heavy atom. The predicted molar refractivity (Wildman–Crippen MR) is 86.5 cm³/mol. The molecule has 1 atom stereocenters. The molecule has 18 heavy (non-hydrogen) atoms. The topological polar surface area (TPSA) is 0 Å². The van der Waals surface area contributed by atoms with Gasteiger partial charge in [0.25, 0.3) is 0 Å². The largest absolute Gasteiger partial charge is 0.0921 e. The first-order valence-electron chi connectivity index (χ1n) is 7.11. The van der Waals surface area contributed by atoms with Crippen LogP contribution in [0.5, 0.6) is 0 Å². The molecule has 0 aliphatic heterocycles. The van der Waals surface area contributed by atoms with Gasteiger partial charge < -0.3 is 0 Å². The molecule has 1 saturated carbocycles. The Morgan fingerprint density at radius 2 is 1.94 bits per heavy atom. The van der Waals surface area contributed by atoms with Crippen LogP contribution in [0.3, 0.4) is 0 Å². The lowest BCUT2D eigenvalue weighted by atomic mass is 9.83. The summed E-state index contributed by atoms with van der Waals surface area (Å²) in [6.45, 7) is 0. The Bertz CT molecular complexity index is 356. The van der Waals surface area contributed by atoms with Crippen LogP contribution in [0, 0.1) is 5.92 Å². The van der Waals surface area contributed by atoms with Gasteiger partial charge in [-0.25, -0.2) is 0 Å². The smallest absolute Gasteiger partial charge is 0.0178 e. The zero-order valence-electron chi connectivity index (χ0n) is 10.9. The molecule has 0 amide bonds. The molecule has 0 radical (unpaired) electrons. The second-order valence-electron chi connectivity index (χ2n) is 5.49. The summed E-state index contributed by atoms with van der Waals surface area (Å²) in [6, 6.07) is 8.79. The van der Waals surface area contributed by atoms with Gasteiger partial charge in [-0.15, -0.1) is 0 Å². The van der Waals surface area contributed by atoms with E-state index in [1.165, 1.54) is 55.0 Å². The molecule has 0 saturated heterocycles. The van der Waals surface area contributed by atoms with Gasteiger partial charge in [-0.3, -0.25) is 0 Å². The first kappa shape index (κ1) is 14.6. The van der Waals surface area contributed by atoms with E-state index in [-0.39, 0.29) is 0 Å². The SMILES string of the molecule is BrCC(CCC1CCCCC1)c1cccc(Br)c1. The number of hydrogen-bond acceptors (Lipinski definition) is 0. The molecule has 1 aliphatic rings. The Hall–Kier alpha value is 0.180. The summed E-state index contributed by atoms with van der Waals surface area (Å²) < 4.78 is 1.20. The lowest BCUT2D eigenvalue weighted by molar-refractivity contribution is 0.326. The van der Waals surface area contributed by atoms with Gasteiger partial charge in [0.2, 0.25) is 0 Å². The summed E-state index contributed by atoms with van der Waals surface area (Å²) in [4.78, 5) is 0. The molecule has 1 fully saturated rings. The highest BCUT2D eigenvalue weighted by atomic mass is 79.9. The van der Waals surface area contributed by atoms with Crippen LogP contribution >= 0.6 is 31.9 Å². The Labute approximate surface area is 128 Å². The fourth-order valence-electron chi connectivity index (χ4n) is 3.01. The minimum atomic E-state index is 0.671. The fourth-order valence-corrected chi connectivity index (χ4v) is 4.12. The molecule has 1 aromatic rings. The number of halogens is 2. The second kappa shape index (κ2) is 7.69. The molecule has 1 aromatic carbocycles. The zero-order valence-corrected chi connectivity index (χ0v) is 14.0. The van der Waals surface area contributed by atoms with Crippen LogP contribution in [0.1, 0.15) is 56.4 Å². The van der Waals surface area contributed by atoms with E-state index in [9.17, 15) is 0 Å². The van der Waals surface area contributed by atoms with Gasteiger partial charge in [-0.2, -0.15) is 0 Å². The number of hydrogen-bond donors (Lipinski definition) is 0. The third-order valence-corrected chi connectivity index (χ3v) is 5.43. The van der Waals surface area contributed by atoms with Crippen molar-refractivity contribution in [3.05, 3.63) is 34.3 Å². The first-order valence-corrected chi connectivity index (χ1v) is 9.02. The minimum Gasteiger partial charge on any atom is -0.0921 e. The number of rotatable bonds is 5. The van der Waals surface area contributed by atoms with Crippen LogP contribution in [0.2, 0.25) is 0 Å². The summed E-state index contributed by atoms with van der Waals surface area (Å²) in [7, 11) is 0. The third-order valence-electron chi connectivity index (χ3n) is 4.15. The number of benzene rings is 1. The van der Waals surface area contributed by atoms with Crippen molar-refractivity contribution < 1.29 is 0 Å². The molecule has 0 N–H and O–H groups in total. The highest BCUT2D eigenvalue weighted by Gasteiger charge is 2.17. The first-order chi connectivity index (χ1) is 8.79. The molecule has 0 aromatic heterocycles. The molecule has 0 heterocycles. The molecular formula is C16H22Br2. The summed E-state index contributed by atoms with van der Waals surface area (Å²) in [5.41, 5.74) is 1.47. The highest BCUT2D eigenvalue weighted by molar-refractivity contribution is 9.10. The summed E-state index contributed by atoms with van der Waals surface area (Å²) in [5.74, 6) is 1.66. The van der Waals surface area contributed by atoms with Crippen LogP contribution < -0.4 is 0 Å². The minimum absolute atomic E-state index is 0.671. The van der Waals surface area contributed by atoms with Crippen molar-refractivity contribution in [1.29, 1.82) is 0 Å². The average molecular weight is 374 g/mol. The maximum atomic E-state index is 3.69. The van der Waals surface area contributed by atoms with E-state index in [1.54, 1.807) is 0 Å². The monoisotopic (exact) mass is 372 g/mol. The molecule has 0 spiro atoms. The van der Waals surface area contributed by atoms with Gasteiger partial charge in [0.05, 0.1) is 0 Å². The zero-order chi connectivity index (χ0) is 12.8. The van der Waals surface area contributed by atoms with E-state index in [2.05, 4.69) is 56.1 Å². The normalized spacial score (nSPS) is 18.8. The predicted octanol–water partition coefficient (Wildman–Crippen LogP) is 6.29. The Kier molecular flexibility index (Phi) is 6.23. The van der Waals surface area contributed by atoms with Crippen molar-refractivity contribution in [2.24, 2.45) is 5.92 Å². The Morgan fingerprint density at radius 3 is 2.61 bits per heavy atom. The molecule has 1 aliphatic carbocycles. The standard InChI is InChI=1S/C16H22Br2/c17-12-15(14-7-4-8-16(18)11-14)10-9-13-5-2-1-3-6-13/h4,7-8,11,13,15H,1-3,5-6,9-10,12H2. The van der Waals surface area contributed by atoms with Crippen molar-refractivity contribution in [2.75, 3.05) is 5.33 Å². The van der Waals surface area contributed by atoms with Crippen molar-refractivity contribution in [3.8, 4) is 0 Å². The van der Waals surface area contributed by atoms with Gasteiger partial charge in [0.15, 0.2) is 0 Å². The van der Waals surface area contributed by atoms with Crippen molar-refractivity contribution in [1.82, 2.24) is 0 Å². The van der Waals surface area contributed by atoms with Gasteiger partial charge in [0.1, 0.15) is 0 Å². The van der Waals surface area contributed by atoms with Crippen molar-refractivity contribution >= 4 is 31.9 Å². The van der Waals surface area contributed by atoms with Crippen LogP contribution in [0.25, 0.3) is 0 Å². The molecule has 2 heteroatoms. The van der Waals surface area contributed by atoms with Gasteiger partial charge >= 0.3 is 0 Å². The molecule has 0 nitrogen and oxygen atoms in total. The molecule has 100 valence electrons. The summed E-state index contributed by atoms with van der Waals surface area (Å²) in [6.07, 6.45) is 10.0. The molecule has 2 rings (SSSR count). The van der Waals surface area contributed by atoms with Crippen molar-refractivity contribution in [2.45, 2.75) is 50.9 Å². The molecular weight excluding hydrogens is 352 g/mol. The molecule has 1 unspecified atom stereocenters. The summed E-state index contributed by atoms with van der Waals surface area (Å²) in [5, 5.41) is 1.08. The van der Waals surface area contributed by atoms with Crippen LogP contribution in [0.4, 0.5) is 0 Å². The summed E-state index contributed by atoms with van der Waals surface area (Å²) >= 11 is 7.26.